The summed E-state index contributed by atoms with van der Waals surface area (Å²) in [6, 6.07) is 0. The summed E-state index contributed by atoms with van der Waals surface area (Å²) < 4.78 is 1.95. The number of nitrogens with one attached hydrogen (secondary N) is 1. The third kappa shape index (κ3) is 2.27. The predicted octanol–water partition coefficient (Wildman–Crippen LogP) is 2.63. The molecule has 0 saturated carbocycles. The first-order chi connectivity index (χ1) is 9.56. The Hall–Kier alpha value is -1.60. The first-order valence-electron chi connectivity index (χ1n) is 6.15. The number of hydrogen-bond acceptors (Lipinski definition) is 5. The molecule has 0 amide bonds. The highest BCUT2D eigenvalue weighted by atomic mass is 32.2. The van der Waals surface area contributed by atoms with Gasteiger partial charge in [0, 0.05) is 24.3 Å². The highest BCUT2D eigenvalue weighted by Crippen LogP contribution is 2.26. The Morgan fingerprint density at radius 1 is 1.45 bits per heavy atom. The van der Waals surface area contributed by atoms with Crippen molar-refractivity contribution in [3.63, 3.8) is 0 Å². The second-order valence-corrected chi connectivity index (χ2v) is 6.73. The Kier molecular flexibility index (Phi) is 3.39. The quantitative estimate of drug-likeness (QED) is 0.756. The van der Waals surface area contributed by atoms with E-state index in [0.717, 1.165) is 25.8 Å². The van der Waals surface area contributed by atoms with Crippen molar-refractivity contribution in [3.05, 3.63) is 39.0 Å². The number of thioether (sulfide) groups is 1. The van der Waals surface area contributed by atoms with E-state index in [0.29, 0.717) is 11.6 Å². The predicted molar refractivity (Wildman–Crippen MR) is 82.5 cm³/mol. The normalized spacial score (nSPS) is 11.3. The maximum Gasteiger partial charge on any atom is 0.259 e. The largest absolute Gasteiger partial charge is 0.329 e. The van der Waals surface area contributed by atoms with Crippen LogP contribution in [0, 0.1) is 13.8 Å². The lowest BCUT2D eigenvalue weighted by molar-refractivity contribution is 0.789. The highest BCUT2D eigenvalue weighted by molar-refractivity contribution is 7.98. The van der Waals surface area contributed by atoms with E-state index in [4.69, 9.17) is 0 Å². The Labute approximate surface area is 124 Å². The van der Waals surface area contributed by atoms with Crippen molar-refractivity contribution in [2.75, 3.05) is 0 Å². The van der Waals surface area contributed by atoms with Crippen LogP contribution in [0.25, 0.3) is 10.2 Å². The topological polar surface area (TPSA) is 63.6 Å². The lowest BCUT2D eigenvalue weighted by atomic mass is 10.2. The van der Waals surface area contributed by atoms with Crippen LogP contribution in [-0.2, 0) is 12.8 Å². The molecule has 0 fully saturated rings. The molecule has 3 rings (SSSR count). The molecule has 0 unspecified atom stereocenters. The number of H-pyrrole nitrogens is 1. The van der Waals surface area contributed by atoms with Crippen LogP contribution in [0.5, 0.6) is 0 Å². The number of aromatic nitrogens is 4. The lowest BCUT2D eigenvalue weighted by Crippen LogP contribution is -2.11. The van der Waals surface area contributed by atoms with Gasteiger partial charge in [-0.05, 0) is 19.4 Å². The average Bonchev–Trinajstić information content (AvgIpc) is 2.92. The molecule has 0 bridgehead atoms. The van der Waals surface area contributed by atoms with E-state index in [2.05, 4.69) is 15.0 Å². The number of aryl methyl sites for hydroxylation is 3. The lowest BCUT2D eigenvalue weighted by Gasteiger charge is -2.01. The van der Waals surface area contributed by atoms with E-state index in [1.54, 1.807) is 29.3 Å². The molecule has 0 aliphatic carbocycles. The fourth-order valence-electron chi connectivity index (χ4n) is 1.99. The van der Waals surface area contributed by atoms with Crippen LogP contribution in [0.4, 0.5) is 0 Å². The van der Waals surface area contributed by atoms with Crippen LogP contribution in [0.1, 0.15) is 16.3 Å². The minimum atomic E-state index is -0.0488. The highest BCUT2D eigenvalue weighted by Gasteiger charge is 2.12. The molecule has 3 aromatic rings. The number of hydrogen-bond donors (Lipinski definition) is 1. The minimum absolute atomic E-state index is 0.0488. The van der Waals surface area contributed by atoms with E-state index >= 15 is 0 Å². The van der Waals surface area contributed by atoms with E-state index in [1.165, 1.54) is 0 Å². The van der Waals surface area contributed by atoms with Crippen LogP contribution in [0.15, 0.2) is 22.3 Å². The fraction of sp³-hybridized carbons (Fsp3) is 0.308. The number of thiophene rings is 1. The smallest absolute Gasteiger partial charge is 0.259 e. The first kappa shape index (κ1) is 13.4. The van der Waals surface area contributed by atoms with E-state index in [9.17, 15) is 4.79 Å². The van der Waals surface area contributed by atoms with Crippen LogP contribution in [0.3, 0.4) is 0 Å². The zero-order valence-electron chi connectivity index (χ0n) is 11.4. The summed E-state index contributed by atoms with van der Waals surface area (Å²) in [5, 5.41) is 1.63. The zero-order valence-corrected chi connectivity index (χ0v) is 13.1. The molecule has 0 aliphatic heterocycles. The molecular formula is C13H14N4OS2. The molecule has 3 heterocycles. The maximum atomic E-state index is 12.1. The van der Waals surface area contributed by atoms with Gasteiger partial charge in [0.25, 0.3) is 5.56 Å². The molecule has 0 aliphatic rings. The van der Waals surface area contributed by atoms with Crippen LogP contribution in [0.2, 0.25) is 0 Å². The van der Waals surface area contributed by atoms with E-state index in [1.807, 2.05) is 31.7 Å². The van der Waals surface area contributed by atoms with Gasteiger partial charge in [0.05, 0.1) is 11.1 Å². The van der Waals surface area contributed by atoms with Crippen molar-refractivity contribution in [2.24, 2.45) is 7.05 Å². The van der Waals surface area contributed by atoms with Gasteiger partial charge in [-0.25, -0.2) is 9.97 Å². The van der Waals surface area contributed by atoms with Gasteiger partial charge in [-0.3, -0.25) is 4.79 Å². The van der Waals surface area contributed by atoms with E-state index < -0.39 is 0 Å². The Bertz CT molecular complexity index is 831. The first-order valence-corrected chi connectivity index (χ1v) is 7.95. The molecule has 1 N–H and O–H groups in total. The Morgan fingerprint density at radius 2 is 2.25 bits per heavy atom. The molecule has 20 heavy (non-hydrogen) atoms. The molecule has 104 valence electrons. The zero-order chi connectivity index (χ0) is 14.3. The van der Waals surface area contributed by atoms with Crippen molar-refractivity contribution in [3.8, 4) is 0 Å². The number of fused-ring (bicyclic) bond motifs is 1. The van der Waals surface area contributed by atoms with Crippen LogP contribution in [-0.4, -0.2) is 19.5 Å². The fourth-order valence-corrected chi connectivity index (χ4v) is 3.84. The van der Waals surface area contributed by atoms with Crippen molar-refractivity contribution in [1.82, 2.24) is 19.5 Å². The second-order valence-electron chi connectivity index (χ2n) is 4.59. The summed E-state index contributed by atoms with van der Waals surface area (Å²) in [7, 11) is 1.95. The summed E-state index contributed by atoms with van der Waals surface area (Å²) in [4.78, 5) is 25.8. The van der Waals surface area contributed by atoms with Crippen LogP contribution < -0.4 is 5.56 Å². The molecule has 0 spiro atoms. The van der Waals surface area contributed by atoms with Gasteiger partial charge < -0.3 is 9.55 Å². The number of nitrogens with zero attached hydrogens (tertiary/aromatic N) is 3. The van der Waals surface area contributed by atoms with Gasteiger partial charge >= 0.3 is 0 Å². The molecule has 0 aromatic carbocycles. The summed E-state index contributed by atoms with van der Waals surface area (Å²) in [5.74, 6) is 1.29. The molecule has 3 aromatic heterocycles. The standard InChI is InChI=1S/C13H14N4OS2/c1-7-8(2)20-12-10(7)11(18)15-9(16-12)6-19-13-14-4-5-17(13)3/h4-5H,6H2,1-3H3,(H,15,16,18). The average molecular weight is 306 g/mol. The van der Waals surface area contributed by atoms with Crippen molar-refractivity contribution < 1.29 is 0 Å². The van der Waals surface area contributed by atoms with Gasteiger partial charge in [-0.2, -0.15) is 0 Å². The SMILES string of the molecule is Cc1sc2nc(CSc3nccn3C)[nH]c(=O)c2c1C. The van der Waals surface area contributed by atoms with Crippen molar-refractivity contribution >= 4 is 33.3 Å². The maximum absolute atomic E-state index is 12.1. The van der Waals surface area contributed by atoms with Crippen molar-refractivity contribution in [1.29, 1.82) is 0 Å². The molecule has 0 saturated heterocycles. The summed E-state index contributed by atoms with van der Waals surface area (Å²) in [6.07, 6.45) is 3.65. The monoisotopic (exact) mass is 306 g/mol. The number of imidazole rings is 1. The van der Waals surface area contributed by atoms with Gasteiger partial charge in [0.15, 0.2) is 5.16 Å². The third-order valence-electron chi connectivity index (χ3n) is 3.20. The second kappa shape index (κ2) is 5.06. The van der Waals surface area contributed by atoms with Crippen LogP contribution >= 0.6 is 23.1 Å². The molecule has 5 nitrogen and oxygen atoms in total. The summed E-state index contributed by atoms with van der Waals surface area (Å²) in [6.45, 7) is 3.98. The number of aromatic amines is 1. The van der Waals surface area contributed by atoms with E-state index in [-0.39, 0.29) is 5.56 Å². The summed E-state index contributed by atoms with van der Waals surface area (Å²) >= 11 is 3.13. The van der Waals surface area contributed by atoms with Gasteiger partial charge in [-0.15, -0.1) is 11.3 Å². The molecular weight excluding hydrogens is 292 g/mol. The molecule has 0 atom stereocenters. The van der Waals surface area contributed by atoms with Gasteiger partial charge in [-0.1, -0.05) is 11.8 Å². The third-order valence-corrected chi connectivity index (χ3v) is 5.37. The van der Waals surface area contributed by atoms with Gasteiger partial charge in [0.1, 0.15) is 10.7 Å². The molecule has 0 radical (unpaired) electrons. The Morgan fingerprint density at radius 3 is 2.95 bits per heavy atom. The molecule has 7 heteroatoms. The minimum Gasteiger partial charge on any atom is -0.329 e. The Balaban J connectivity index is 1.93. The summed E-state index contributed by atoms with van der Waals surface area (Å²) in [5.41, 5.74) is 0.981. The van der Waals surface area contributed by atoms with Crippen molar-refractivity contribution in [2.45, 2.75) is 24.8 Å². The van der Waals surface area contributed by atoms with Gasteiger partial charge in [0.2, 0.25) is 0 Å². The number of rotatable bonds is 3.